The average Bonchev–Trinajstić information content (AvgIpc) is 3.30. The monoisotopic (exact) mass is 404 g/mol. The number of rotatable bonds is 7. The second-order valence-corrected chi connectivity index (χ2v) is 7.84. The summed E-state index contributed by atoms with van der Waals surface area (Å²) in [4.78, 5) is 16.5. The van der Waals surface area contributed by atoms with Crippen LogP contribution in [0.4, 0.5) is 0 Å². The van der Waals surface area contributed by atoms with Crippen LogP contribution in [0.1, 0.15) is 23.9 Å². The van der Waals surface area contributed by atoms with Crippen molar-refractivity contribution in [3.8, 4) is 5.82 Å². The largest absolute Gasteiger partial charge is 0.360 e. The molecule has 0 aliphatic rings. The summed E-state index contributed by atoms with van der Waals surface area (Å²) in [5, 5.41) is 10.4. The maximum Gasteiger partial charge on any atom is 0.246 e. The molecule has 0 saturated carbocycles. The predicted octanol–water partition coefficient (Wildman–Crippen LogP) is 0.855. The molecule has 0 fully saturated rings. The first-order chi connectivity index (χ1) is 13.3. The summed E-state index contributed by atoms with van der Waals surface area (Å²) in [7, 11) is -3.93. The van der Waals surface area contributed by atoms with Gasteiger partial charge in [-0.25, -0.2) is 18.1 Å². The molecule has 0 aliphatic carbocycles. The molecule has 1 atom stereocenters. The standard InChI is InChI=1S/C17H20N6O4S/c1-11-16(13(3)27-21-11)28(25,26)22-12(2)17(24)19-10-14-5-6-15(18-9-14)23-8-4-7-20-23/h4-9,12,22H,10H2,1-3H3,(H,19,24)/t12-/m0/s1. The van der Waals surface area contributed by atoms with Gasteiger partial charge in [0.05, 0.1) is 6.04 Å². The molecule has 3 aromatic rings. The molecule has 148 valence electrons. The second-order valence-electron chi connectivity index (χ2n) is 6.19. The van der Waals surface area contributed by atoms with Crippen molar-refractivity contribution in [1.82, 2.24) is 30.0 Å². The fraction of sp³-hybridized carbons (Fsp3) is 0.294. The molecule has 0 unspecified atom stereocenters. The lowest BCUT2D eigenvalue weighted by atomic mass is 10.2. The van der Waals surface area contributed by atoms with Crippen molar-refractivity contribution in [3.63, 3.8) is 0 Å². The Morgan fingerprint density at radius 3 is 2.68 bits per heavy atom. The number of hydrogen-bond donors (Lipinski definition) is 2. The molecule has 0 spiro atoms. The van der Waals surface area contributed by atoms with E-state index >= 15 is 0 Å². The van der Waals surface area contributed by atoms with Crippen LogP contribution >= 0.6 is 0 Å². The number of nitrogens with zero attached hydrogens (tertiary/aromatic N) is 4. The van der Waals surface area contributed by atoms with Crippen molar-refractivity contribution in [2.24, 2.45) is 0 Å². The molecule has 10 nitrogen and oxygen atoms in total. The fourth-order valence-electron chi connectivity index (χ4n) is 2.61. The van der Waals surface area contributed by atoms with E-state index in [1.165, 1.54) is 20.8 Å². The number of carbonyl (C=O) groups is 1. The van der Waals surface area contributed by atoms with Crippen LogP contribution in [0.3, 0.4) is 0 Å². The van der Waals surface area contributed by atoms with Crippen LogP contribution in [0.2, 0.25) is 0 Å². The summed E-state index contributed by atoms with van der Waals surface area (Å²) in [5.74, 6) is 0.355. The zero-order valence-electron chi connectivity index (χ0n) is 15.6. The van der Waals surface area contributed by atoms with E-state index in [1.807, 2.05) is 6.07 Å². The highest BCUT2D eigenvalue weighted by Gasteiger charge is 2.28. The van der Waals surface area contributed by atoms with Gasteiger partial charge in [0.15, 0.2) is 11.6 Å². The zero-order chi connectivity index (χ0) is 20.3. The third kappa shape index (κ3) is 4.26. The van der Waals surface area contributed by atoms with Crippen molar-refractivity contribution < 1.29 is 17.7 Å². The van der Waals surface area contributed by atoms with Gasteiger partial charge in [0.1, 0.15) is 10.6 Å². The molecular formula is C17H20N6O4S. The van der Waals surface area contributed by atoms with Crippen molar-refractivity contribution >= 4 is 15.9 Å². The van der Waals surface area contributed by atoms with Crippen LogP contribution in [0.25, 0.3) is 5.82 Å². The maximum atomic E-state index is 12.5. The number of sulfonamides is 1. The summed E-state index contributed by atoms with van der Waals surface area (Å²) in [6, 6.07) is 4.40. The van der Waals surface area contributed by atoms with Gasteiger partial charge in [0.2, 0.25) is 15.9 Å². The Labute approximate surface area is 162 Å². The summed E-state index contributed by atoms with van der Waals surface area (Å²) >= 11 is 0. The second kappa shape index (κ2) is 7.90. The highest BCUT2D eigenvalue weighted by Crippen LogP contribution is 2.18. The molecule has 0 aromatic carbocycles. The van der Waals surface area contributed by atoms with Gasteiger partial charge in [-0.3, -0.25) is 4.79 Å². The molecule has 28 heavy (non-hydrogen) atoms. The number of aryl methyl sites for hydroxylation is 2. The van der Waals surface area contributed by atoms with Crippen LogP contribution in [0, 0.1) is 13.8 Å². The van der Waals surface area contributed by atoms with E-state index < -0.39 is 22.0 Å². The van der Waals surface area contributed by atoms with Crippen LogP contribution in [0.5, 0.6) is 0 Å². The number of nitrogens with one attached hydrogen (secondary N) is 2. The molecule has 1 amide bonds. The van der Waals surface area contributed by atoms with E-state index in [0.29, 0.717) is 5.82 Å². The van der Waals surface area contributed by atoms with E-state index in [1.54, 1.807) is 35.4 Å². The number of amides is 1. The third-order valence-electron chi connectivity index (χ3n) is 3.98. The normalized spacial score (nSPS) is 12.7. The smallest absolute Gasteiger partial charge is 0.246 e. The Bertz CT molecular complexity index is 1040. The minimum atomic E-state index is -3.93. The van der Waals surface area contributed by atoms with Gasteiger partial charge >= 0.3 is 0 Å². The molecule has 3 heterocycles. The van der Waals surface area contributed by atoms with Crippen LogP contribution in [-0.4, -0.2) is 40.3 Å². The zero-order valence-corrected chi connectivity index (χ0v) is 16.4. The summed E-state index contributed by atoms with van der Waals surface area (Å²) < 4.78 is 33.8. The molecule has 0 aliphatic heterocycles. The number of aromatic nitrogens is 4. The summed E-state index contributed by atoms with van der Waals surface area (Å²) in [6.45, 7) is 4.70. The van der Waals surface area contributed by atoms with Gasteiger partial charge in [-0.1, -0.05) is 11.2 Å². The molecule has 0 saturated heterocycles. The number of pyridine rings is 1. The lowest BCUT2D eigenvalue weighted by Crippen LogP contribution is -2.44. The van der Waals surface area contributed by atoms with E-state index in [-0.39, 0.29) is 22.9 Å². The fourth-order valence-corrected chi connectivity index (χ4v) is 4.14. The van der Waals surface area contributed by atoms with Crippen molar-refractivity contribution in [3.05, 3.63) is 53.8 Å². The van der Waals surface area contributed by atoms with Gasteiger partial charge in [0.25, 0.3) is 0 Å². The number of carbonyl (C=O) groups excluding carboxylic acids is 1. The van der Waals surface area contributed by atoms with Gasteiger partial charge in [-0.15, -0.1) is 0 Å². The Hall–Kier alpha value is -3.05. The molecule has 2 N–H and O–H groups in total. The number of hydrogen-bond acceptors (Lipinski definition) is 7. The lowest BCUT2D eigenvalue weighted by molar-refractivity contribution is -0.122. The van der Waals surface area contributed by atoms with Crippen LogP contribution < -0.4 is 10.0 Å². The molecule has 3 rings (SSSR count). The molecule has 11 heteroatoms. The summed E-state index contributed by atoms with van der Waals surface area (Å²) in [6.07, 6.45) is 5.05. The third-order valence-corrected chi connectivity index (χ3v) is 5.76. The highest BCUT2D eigenvalue weighted by atomic mass is 32.2. The first-order valence-electron chi connectivity index (χ1n) is 8.46. The van der Waals surface area contributed by atoms with Gasteiger partial charge in [0, 0.05) is 25.1 Å². The van der Waals surface area contributed by atoms with Gasteiger partial charge in [-0.05, 0) is 38.5 Å². The Kier molecular flexibility index (Phi) is 5.56. The van der Waals surface area contributed by atoms with E-state index in [0.717, 1.165) is 5.56 Å². The van der Waals surface area contributed by atoms with Crippen LogP contribution in [-0.2, 0) is 21.4 Å². The quantitative estimate of drug-likeness (QED) is 0.597. The Morgan fingerprint density at radius 1 is 1.32 bits per heavy atom. The lowest BCUT2D eigenvalue weighted by Gasteiger charge is -2.14. The Morgan fingerprint density at radius 2 is 2.11 bits per heavy atom. The topological polar surface area (TPSA) is 132 Å². The predicted molar refractivity (Wildman–Crippen MR) is 99.0 cm³/mol. The van der Waals surface area contributed by atoms with E-state index in [4.69, 9.17) is 4.52 Å². The molecule has 0 radical (unpaired) electrons. The van der Waals surface area contributed by atoms with E-state index in [9.17, 15) is 13.2 Å². The van der Waals surface area contributed by atoms with Crippen molar-refractivity contribution in [1.29, 1.82) is 0 Å². The SMILES string of the molecule is Cc1noc(C)c1S(=O)(=O)N[C@@H](C)C(=O)NCc1ccc(-n2cccn2)nc1. The van der Waals surface area contributed by atoms with E-state index in [2.05, 4.69) is 25.3 Å². The Balaban J connectivity index is 1.59. The first kappa shape index (κ1) is 19.7. The molecular weight excluding hydrogens is 384 g/mol. The first-order valence-corrected chi connectivity index (χ1v) is 9.94. The van der Waals surface area contributed by atoms with Crippen LogP contribution in [0.15, 0.2) is 46.2 Å². The molecule has 0 bridgehead atoms. The van der Waals surface area contributed by atoms with Crippen molar-refractivity contribution in [2.75, 3.05) is 0 Å². The van der Waals surface area contributed by atoms with Gasteiger partial charge < -0.3 is 9.84 Å². The minimum Gasteiger partial charge on any atom is -0.360 e. The van der Waals surface area contributed by atoms with Crippen molar-refractivity contribution in [2.45, 2.75) is 38.3 Å². The average molecular weight is 404 g/mol. The minimum absolute atomic E-state index is 0.0504. The highest BCUT2D eigenvalue weighted by molar-refractivity contribution is 7.89. The molecule has 3 aromatic heterocycles. The summed E-state index contributed by atoms with van der Waals surface area (Å²) in [5.41, 5.74) is 1.01. The maximum absolute atomic E-state index is 12.5. The van der Waals surface area contributed by atoms with Gasteiger partial charge in [-0.2, -0.15) is 9.82 Å².